The first kappa shape index (κ1) is 13.7. The third-order valence-corrected chi connectivity index (χ3v) is 2.83. The highest BCUT2D eigenvalue weighted by atomic mass is 79.9. The lowest BCUT2D eigenvalue weighted by Crippen LogP contribution is -1.89. The molecule has 0 heterocycles. The maximum Gasteiger partial charge on any atom is 0.0991 e. The molecule has 3 nitrogen and oxygen atoms in total. The SMILES string of the molecule is N#Cc1ccc(N/N=C/CCCCCBr)cc1. The average molecular weight is 294 g/mol. The van der Waals surface area contributed by atoms with Crippen LogP contribution in [0.3, 0.4) is 0 Å². The number of halogens is 1. The van der Waals surface area contributed by atoms with E-state index in [1.165, 1.54) is 19.3 Å². The number of benzene rings is 1. The fraction of sp³-hybridized carbons (Fsp3) is 0.385. The number of unbranched alkanes of at least 4 members (excludes halogenated alkanes) is 3. The van der Waals surface area contributed by atoms with Crippen LogP contribution in [-0.4, -0.2) is 11.5 Å². The molecular formula is C13H16BrN3. The normalized spacial score (nSPS) is 10.4. The molecule has 0 radical (unpaired) electrons. The van der Waals surface area contributed by atoms with Gasteiger partial charge in [-0.2, -0.15) is 10.4 Å². The average Bonchev–Trinajstić information content (AvgIpc) is 2.38. The highest BCUT2D eigenvalue weighted by molar-refractivity contribution is 9.09. The van der Waals surface area contributed by atoms with Crippen LogP contribution >= 0.6 is 15.9 Å². The van der Waals surface area contributed by atoms with Crippen LogP contribution in [0.1, 0.15) is 31.2 Å². The Bertz CT molecular complexity index is 379. The smallest absolute Gasteiger partial charge is 0.0991 e. The summed E-state index contributed by atoms with van der Waals surface area (Å²) < 4.78 is 0. The van der Waals surface area contributed by atoms with Gasteiger partial charge < -0.3 is 0 Å². The van der Waals surface area contributed by atoms with Crippen molar-refractivity contribution in [2.24, 2.45) is 5.10 Å². The predicted octanol–water partition coefficient (Wildman–Crippen LogP) is 3.91. The largest absolute Gasteiger partial charge is 0.279 e. The van der Waals surface area contributed by atoms with Gasteiger partial charge in [0.25, 0.3) is 0 Å². The van der Waals surface area contributed by atoms with Gasteiger partial charge in [0.2, 0.25) is 0 Å². The monoisotopic (exact) mass is 293 g/mol. The first-order valence-corrected chi connectivity index (χ1v) is 6.82. The van der Waals surface area contributed by atoms with Crippen LogP contribution in [-0.2, 0) is 0 Å². The van der Waals surface area contributed by atoms with E-state index in [1.807, 2.05) is 18.3 Å². The summed E-state index contributed by atoms with van der Waals surface area (Å²) in [6.07, 6.45) is 6.51. The number of alkyl halides is 1. The van der Waals surface area contributed by atoms with Gasteiger partial charge >= 0.3 is 0 Å². The van der Waals surface area contributed by atoms with E-state index in [0.29, 0.717) is 5.56 Å². The third-order valence-electron chi connectivity index (χ3n) is 2.27. The summed E-state index contributed by atoms with van der Waals surface area (Å²) in [4.78, 5) is 0. The maximum absolute atomic E-state index is 8.64. The molecule has 0 saturated heterocycles. The number of hydrogen-bond donors (Lipinski definition) is 1. The fourth-order valence-corrected chi connectivity index (χ4v) is 1.71. The Labute approximate surface area is 111 Å². The van der Waals surface area contributed by atoms with Crippen LogP contribution in [0, 0.1) is 11.3 Å². The summed E-state index contributed by atoms with van der Waals surface area (Å²) in [6, 6.07) is 9.32. The van der Waals surface area contributed by atoms with Crippen molar-refractivity contribution in [3.63, 3.8) is 0 Å². The molecule has 1 N–H and O–H groups in total. The summed E-state index contributed by atoms with van der Waals surface area (Å²) in [6.45, 7) is 0. The van der Waals surface area contributed by atoms with Crippen molar-refractivity contribution in [2.45, 2.75) is 25.7 Å². The van der Waals surface area contributed by atoms with Crippen molar-refractivity contribution < 1.29 is 0 Å². The molecular weight excluding hydrogens is 278 g/mol. The van der Waals surface area contributed by atoms with Gasteiger partial charge in [0.05, 0.1) is 17.3 Å². The van der Waals surface area contributed by atoms with E-state index < -0.39 is 0 Å². The molecule has 1 aromatic carbocycles. The Morgan fingerprint density at radius 1 is 1.24 bits per heavy atom. The number of rotatable bonds is 7. The highest BCUT2D eigenvalue weighted by Crippen LogP contribution is 2.08. The molecule has 0 aliphatic carbocycles. The van der Waals surface area contributed by atoms with Crippen LogP contribution in [0.5, 0.6) is 0 Å². The molecule has 0 fully saturated rings. The van der Waals surface area contributed by atoms with Crippen LogP contribution in [0.2, 0.25) is 0 Å². The molecule has 0 aromatic heterocycles. The van der Waals surface area contributed by atoms with Crippen molar-refractivity contribution in [3.05, 3.63) is 29.8 Å². The number of hydrazone groups is 1. The zero-order valence-electron chi connectivity index (χ0n) is 9.69. The molecule has 90 valence electrons. The van der Waals surface area contributed by atoms with Crippen LogP contribution < -0.4 is 5.43 Å². The minimum absolute atomic E-state index is 0.661. The predicted molar refractivity (Wildman–Crippen MR) is 75.5 cm³/mol. The van der Waals surface area contributed by atoms with E-state index in [0.717, 1.165) is 17.4 Å². The van der Waals surface area contributed by atoms with Crippen molar-refractivity contribution in [1.29, 1.82) is 5.26 Å². The Balaban J connectivity index is 2.21. The summed E-state index contributed by atoms with van der Waals surface area (Å²) in [5.74, 6) is 0. The van der Waals surface area contributed by atoms with Crippen molar-refractivity contribution in [1.82, 2.24) is 0 Å². The van der Waals surface area contributed by atoms with Crippen molar-refractivity contribution in [3.8, 4) is 6.07 Å². The van der Waals surface area contributed by atoms with Gasteiger partial charge in [-0.1, -0.05) is 22.4 Å². The van der Waals surface area contributed by atoms with Crippen molar-refractivity contribution in [2.75, 3.05) is 10.8 Å². The van der Waals surface area contributed by atoms with E-state index in [4.69, 9.17) is 5.26 Å². The summed E-state index contributed by atoms with van der Waals surface area (Å²) in [5, 5.41) is 13.8. The lowest BCUT2D eigenvalue weighted by molar-refractivity contribution is 0.754. The lowest BCUT2D eigenvalue weighted by Gasteiger charge is -1.99. The molecule has 0 amide bonds. The zero-order valence-corrected chi connectivity index (χ0v) is 11.3. The topological polar surface area (TPSA) is 48.2 Å². The van der Waals surface area contributed by atoms with Crippen LogP contribution in [0.15, 0.2) is 29.4 Å². The second-order valence-electron chi connectivity index (χ2n) is 3.65. The molecule has 4 heteroatoms. The van der Waals surface area contributed by atoms with Gasteiger partial charge in [-0.15, -0.1) is 0 Å². The summed E-state index contributed by atoms with van der Waals surface area (Å²) in [7, 11) is 0. The van der Waals surface area contributed by atoms with Crippen LogP contribution in [0.4, 0.5) is 5.69 Å². The number of nitrogens with zero attached hydrogens (tertiary/aromatic N) is 2. The van der Waals surface area contributed by atoms with E-state index in [-0.39, 0.29) is 0 Å². The van der Waals surface area contributed by atoms with E-state index in [1.54, 1.807) is 12.1 Å². The van der Waals surface area contributed by atoms with Crippen molar-refractivity contribution >= 4 is 27.8 Å². The second-order valence-corrected chi connectivity index (χ2v) is 4.44. The number of nitrogens with one attached hydrogen (secondary N) is 1. The number of hydrogen-bond acceptors (Lipinski definition) is 3. The quantitative estimate of drug-likeness (QED) is 0.359. The van der Waals surface area contributed by atoms with Gasteiger partial charge in [-0.3, -0.25) is 5.43 Å². The number of nitriles is 1. The Morgan fingerprint density at radius 2 is 2.00 bits per heavy atom. The molecule has 0 unspecified atom stereocenters. The Morgan fingerprint density at radius 3 is 2.65 bits per heavy atom. The molecule has 17 heavy (non-hydrogen) atoms. The summed E-state index contributed by atoms with van der Waals surface area (Å²) >= 11 is 3.41. The molecule has 0 aliphatic rings. The molecule has 0 bridgehead atoms. The van der Waals surface area contributed by atoms with Gasteiger partial charge in [-0.05, 0) is 43.5 Å². The van der Waals surface area contributed by atoms with Gasteiger partial charge in [-0.25, -0.2) is 0 Å². The van der Waals surface area contributed by atoms with Crippen LogP contribution in [0.25, 0.3) is 0 Å². The minimum Gasteiger partial charge on any atom is -0.279 e. The molecule has 0 spiro atoms. The Kier molecular flexibility index (Phi) is 7.08. The molecule has 0 atom stereocenters. The minimum atomic E-state index is 0.661. The molecule has 0 saturated carbocycles. The second kappa shape index (κ2) is 8.77. The maximum atomic E-state index is 8.64. The van der Waals surface area contributed by atoms with Gasteiger partial charge in [0.15, 0.2) is 0 Å². The molecule has 1 rings (SSSR count). The highest BCUT2D eigenvalue weighted by Gasteiger charge is 1.90. The standard InChI is InChI=1S/C13H16BrN3/c14-9-3-1-2-4-10-16-17-13-7-5-12(11-15)6-8-13/h5-8,10,17H,1-4,9H2/b16-10+. The Hall–Kier alpha value is -1.34. The van der Waals surface area contributed by atoms with E-state index >= 15 is 0 Å². The zero-order chi connectivity index (χ0) is 12.3. The fourth-order valence-electron chi connectivity index (χ4n) is 1.31. The molecule has 0 aliphatic heterocycles. The van der Waals surface area contributed by atoms with Gasteiger partial charge in [0, 0.05) is 11.5 Å². The first-order valence-electron chi connectivity index (χ1n) is 5.70. The first-order chi connectivity index (χ1) is 8.36. The third kappa shape index (κ3) is 6.08. The van der Waals surface area contributed by atoms with Gasteiger partial charge in [0.1, 0.15) is 0 Å². The lowest BCUT2D eigenvalue weighted by atomic mass is 10.2. The van der Waals surface area contributed by atoms with E-state index in [2.05, 4.69) is 32.5 Å². The summed E-state index contributed by atoms with van der Waals surface area (Å²) in [5.41, 5.74) is 4.50. The van der Waals surface area contributed by atoms with E-state index in [9.17, 15) is 0 Å². The molecule has 1 aromatic rings. The number of anilines is 1.